The van der Waals surface area contributed by atoms with Crippen LogP contribution in [-0.4, -0.2) is 14.2 Å². The van der Waals surface area contributed by atoms with Crippen molar-refractivity contribution < 1.29 is 22.6 Å². The summed E-state index contributed by atoms with van der Waals surface area (Å²) < 4.78 is 47.2. The molecular formula is C9H8ClF3O2. The van der Waals surface area contributed by atoms with Gasteiger partial charge in [-0.15, -0.1) is 0 Å². The van der Waals surface area contributed by atoms with Gasteiger partial charge in [0.05, 0.1) is 19.2 Å². The van der Waals surface area contributed by atoms with Crippen LogP contribution in [0.5, 0.6) is 11.5 Å². The second-order valence-electron chi connectivity index (χ2n) is 2.66. The van der Waals surface area contributed by atoms with Crippen LogP contribution >= 0.6 is 11.6 Å². The van der Waals surface area contributed by atoms with Gasteiger partial charge >= 0.3 is 6.18 Å². The molecule has 0 unspecified atom stereocenters. The van der Waals surface area contributed by atoms with Gasteiger partial charge in [0.1, 0.15) is 5.56 Å². The molecule has 1 aromatic rings. The molecule has 0 bridgehead atoms. The summed E-state index contributed by atoms with van der Waals surface area (Å²) in [6.07, 6.45) is -4.57. The highest BCUT2D eigenvalue weighted by molar-refractivity contribution is 6.31. The van der Waals surface area contributed by atoms with Crippen LogP contribution < -0.4 is 9.47 Å². The average molecular weight is 241 g/mol. The third kappa shape index (κ3) is 2.28. The highest BCUT2D eigenvalue weighted by atomic mass is 35.5. The Hall–Kier alpha value is -1.10. The van der Waals surface area contributed by atoms with Crippen LogP contribution in [0.1, 0.15) is 5.56 Å². The minimum atomic E-state index is -4.57. The first kappa shape index (κ1) is 12.0. The first-order chi connectivity index (χ1) is 6.91. The average Bonchev–Trinajstić information content (AvgIpc) is 2.15. The third-order valence-electron chi connectivity index (χ3n) is 1.78. The Bertz CT molecular complexity index is 363. The van der Waals surface area contributed by atoms with Crippen molar-refractivity contribution in [3.05, 3.63) is 22.7 Å². The maximum Gasteiger partial charge on any atom is 0.421 e. The molecule has 6 heteroatoms. The zero-order valence-electron chi connectivity index (χ0n) is 7.98. The fourth-order valence-corrected chi connectivity index (χ4v) is 1.42. The van der Waals surface area contributed by atoms with E-state index in [2.05, 4.69) is 4.74 Å². The molecular weight excluding hydrogens is 233 g/mol. The fraction of sp³-hybridized carbons (Fsp3) is 0.333. The van der Waals surface area contributed by atoms with Crippen molar-refractivity contribution in [3.63, 3.8) is 0 Å². The highest BCUT2D eigenvalue weighted by Crippen LogP contribution is 2.45. The number of rotatable bonds is 2. The van der Waals surface area contributed by atoms with E-state index in [9.17, 15) is 13.2 Å². The molecule has 0 heterocycles. The molecule has 0 saturated heterocycles. The molecule has 0 N–H and O–H groups in total. The molecule has 0 aliphatic carbocycles. The van der Waals surface area contributed by atoms with Gasteiger partial charge in [-0.05, 0) is 12.1 Å². The van der Waals surface area contributed by atoms with Crippen molar-refractivity contribution in [2.24, 2.45) is 0 Å². The molecule has 0 saturated carbocycles. The van der Waals surface area contributed by atoms with Gasteiger partial charge in [-0.2, -0.15) is 13.2 Å². The monoisotopic (exact) mass is 240 g/mol. The van der Waals surface area contributed by atoms with E-state index >= 15 is 0 Å². The number of hydrogen-bond donors (Lipinski definition) is 0. The van der Waals surface area contributed by atoms with Gasteiger partial charge in [0.2, 0.25) is 0 Å². The van der Waals surface area contributed by atoms with Crippen LogP contribution in [0, 0.1) is 0 Å². The van der Waals surface area contributed by atoms with Crippen LogP contribution in [0.15, 0.2) is 12.1 Å². The molecule has 0 aliphatic heterocycles. The Kier molecular flexibility index (Phi) is 3.34. The largest absolute Gasteiger partial charge is 0.493 e. The van der Waals surface area contributed by atoms with Crippen molar-refractivity contribution in [3.8, 4) is 11.5 Å². The number of benzene rings is 1. The van der Waals surface area contributed by atoms with Crippen molar-refractivity contribution in [2.45, 2.75) is 6.18 Å². The summed E-state index contributed by atoms with van der Waals surface area (Å²) >= 11 is 5.47. The van der Waals surface area contributed by atoms with Gasteiger partial charge < -0.3 is 9.47 Å². The first-order valence-electron chi connectivity index (χ1n) is 3.89. The number of hydrogen-bond acceptors (Lipinski definition) is 2. The lowest BCUT2D eigenvalue weighted by Crippen LogP contribution is -2.09. The van der Waals surface area contributed by atoms with Crippen LogP contribution in [0.25, 0.3) is 0 Å². The normalized spacial score (nSPS) is 11.3. The molecule has 0 amide bonds. The number of methoxy groups -OCH3 is 2. The predicted molar refractivity (Wildman–Crippen MR) is 49.6 cm³/mol. The fourth-order valence-electron chi connectivity index (χ4n) is 1.17. The molecule has 84 valence electrons. The van der Waals surface area contributed by atoms with Gasteiger partial charge in [0.25, 0.3) is 0 Å². The van der Waals surface area contributed by atoms with Gasteiger partial charge in [-0.25, -0.2) is 0 Å². The van der Waals surface area contributed by atoms with Crippen LogP contribution in [-0.2, 0) is 6.18 Å². The Morgan fingerprint density at radius 2 is 1.73 bits per heavy atom. The second kappa shape index (κ2) is 4.18. The SMILES string of the molecule is COc1ccc(Cl)c(C(F)(F)F)c1OC. The first-order valence-corrected chi connectivity index (χ1v) is 4.27. The number of halogens is 4. The van der Waals surface area contributed by atoms with Crippen LogP contribution in [0.4, 0.5) is 13.2 Å². The lowest BCUT2D eigenvalue weighted by atomic mass is 10.1. The summed E-state index contributed by atoms with van der Waals surface area (Å²) in [7, 11) is 2.38. The molecule has 2 nitrogen and oxygen atoms in total. The van der Waals surface area contributed by atoms with Crippen molar-refractivity contribution in [1.29, 1.82) is 0 Å². The zero-order valence-corrected chi connectivity index (χ0v) is 8.74. The number of ether oxygens (including phenoxy) is 2. The molecule has 0 aromatic heterocycles. The smallest absolute Gasteiger partial charge is 0.421 e. The molecule has 0 atom stereocenters. The quantitative estimate of drug-likeness (QED) is 0.789. The van der Waals surface area contributed by atoms with E-state index in [1.165, 1.54) is 13.2 Å². The summed E-state index contributed by atoms with van der Waals surface area (Å²) in [5, 5.41) is -0.417. The lowest BCUT2D eigenvalue weighted by Gasteiger charge is -2.16. The van der Waals surface area contributed by atoms with E-state index in [0.29, 0.717) is 0 Å². The Morgan fingerprint density at radius 3 is 2.13 bits per heavy atom. The summed E-state index contributed by atoms with van der Waals surface area (Å²) in [5.74, 6) is -0.410. The van der Waals surface area contributed by atoms with Crippen molar-refractivity contribution in [1.82, 2.24) is 0 Å². The van der Waals surface area contributed by atoms with E-state index in [1.54, 1.807) is 0 Å². The summed E-state index contributed by atoms with van der Waals surface area (Å²) in [5.41, 5.74) is -1.02. The standard InChI is InChI=1S/C9H8ClF3O2/c1-14-6-4-3-5(10)7(8(6)15-2)9(11,12)13/h3-4H,1-2H3. The molecule has 15 heavy (non-hydrogen) atoms. The van der Waals surface area contributed by atoms with E-state index < -0.39 is 22.5 Å². The number of alkyl halides is 3. The van der Waals surface area contributed by atoms with E-state index in [4.69, 9.17) is 16.3 Å². The van der Waals surface area contributed by atoms with Gasteiger partial charge in [-0.1, -0.05) is 11.6 Å². The second-order valence-corrected chi connectivity index (χ2v) is 3.06. The van der Waals surface area contributed by atoms with E-state index in [0.717, 1.165) is 13.2 Å². The maximum atomic E-state index is 12.6. The molecule has 1 rings (SSSR count). The minimum absolute atomic E-state index is 0.00535. The zero-order chi connectivity index (χ0) is 11.6. The molecule has 0 radical (unpaired) electrons. The van der Waals surface area contributed by atoms with Gasteiger partial charge in [0, 0.05) is 0 Å². The van der Waals surface area contributed by atoms with Crippen molar-refractivity contribution in [2.75, 3.05) is 14.2 Å². The molecule has 0 spiro atoms. The topological polar surface area (TPSA) is 18.5 Å². The Balaban J connectivity index is 3.46. The summed E-state index contributed by atoms with van der Waals surface area (Å²) in [4.78, 5) is 0. The molecule has 0 aliphatic rings. The van der Waals surface area contributed by atoms with E-state index in [-0.39, 0.29) is 5.75 Å². The lowest BCUT2D eigenvalue weighted by molar-refractivity contribution is -0.138. The molecule has 0 fully saturated rings. The minimum Gasteiger partial charge on any atom is -0.493 e. The van der Waals surface area contributed by atoms with Gasteiger partial charge in [0.15, 0.2) is 11.5 Å². The van der Waals surface area contributed by atoms with E-state index in [1.807, 2.05) is 0 Å². The van der Waals surface area contributed by atoms with Gasteiger partial charge in [-0.3, -0.25) is 0 Å². The highest BCUT2D eigenvalue weighted by Gasteiger charge is 2.38. The van der Waals surface area contributed by atoms with Crippen LogP contribution in [0.3, 0.4) is 0 Å². The maximum absolute atomic E-state index is 12.6. The van der Waals surface area contributed by atoms with Crippen molar-refractivity contribution >= 4 is 11.6 Å². The Labute approximate surface area is 89.6 Å². The Morgan fingerprint density at radius 1 is 1.13 bits per heavy atom. The summed E-state index contributed by atoms with van der Waals surface area (Å²) in [6.45, 7) is 0. The third-order valence-corrected chi connectivity index (χ3v) is 2.09. The predicted octanol–water partition coefficient (Wildman–Crippen LogP) is 3.38. The summed E-state index contributed by atoms with van der Waals surface area (Å²) in [6, 6.07) is 2.43. The molecule has 1 aromatic carbocycles. The van der Waals surface area contributed by atoms with Crippen LogP contribution in [0.2, 0.25) is 5.02 Å².